The van der Waals surface area contributed by atoms with E-state index < -0.39 is 0 Å². The third-order valence-corrected chi connectivity index (χ3v) is 6.00. The highest BCUT2D eigenvalue weighted by atomic mass is 16.2. The number of rotatable bonds is 7. The van der Waals surface area contributed by atoms with Crippen LogP contribution < -0.4 is 5.32 Å². The molecule has 1 heterocycles. The fraction of sp³-hybridized carbons (Fsp3) is 0.296. The molecule has 3 aromatic rings. The van der Waals surface area contributed by atoms with Crippen molar-refractivity contribution in [2.24, 2.45) is 0 Å². The van der Waals surface area contributed by atoms with Crippen LogP contribution in [0.15, 0.2) is 78.9 Å². The molecule has 1 fully saturated rings. The second kappa shape index (κ2) is 10.3. The quantitative estimate of drug-likeness (QED) is 0.571. The van der Waals surface area contributed by atoms with Crippen LogP contribution in [0.5, 0.6) is 0 Å². The molecule has 0 bridgehead atoms. The summed E-state index contributed by atoms with van der Waals surface area (Å²) < 4.78 is 0. The lowest BCUT2D eigenvalue weighted by atomic mass is 9.99. The number of urea groups is 1. The maximum absolute atomic E-state index is 12.8. The van der Waals surface area contributed by atoms with E-state index in [1.807, 2.05) is 37.4 Å². The van der Waals surface area contributed by atoms with Crippen LogP contribution in [0.4, 0.5) is 4.79 Å². The minimum atomic E-state index is -0.0566. The van der Waals surface area contributed by atoms with E-state index in [2.05, 4.69) is 58.7 Å². The van der Waals surface area contributed by atoms with Crippen LogP contribution in [-0.2, 0) is 19.6 Å². The normalized spacial score (nSPS) is 13.8. The SMILES string of the molecule is CN(Cc1ccccc1-c1ccccc1)C(=O)NCc1ccccc1CN1CCCC1. The van der Waals surface area contributed by atoms with Gasteiger partial charge in [0.05, 0.1) is 0 Å². The van der Waals surface area contributed by atoms with E-state index in [0.717, 1.165) is 12.1 Å². The van der Waals surface area contributed by atoms with E-state index in [1.165, 1.54) is 48.2 Å². The molecule has 1 aliphatic rings. The first-order valence-electron chi connectivity index (χ1n) is 11.1. The molecule has 0 unspecified atom stereocenters. The summed E-state index contributed by atoms with van der Waals surface area (Å²) in [6.45, 7) is 4.42. The average Bonchev–Trinajstić information content (AvgIpc) is 3.32. The van der Waals surface area contributed by atoms with Gasteiger partial charge in [-0.3, -0.25) is 4.90 Å². The molecule has 4 nitrogen and oxygen atoms in total. The zero-order valence-corrected chi connectivity index (χ0v) is 18.3. The maximum atomic E-state index is 12.8. The third-order valence-electron chi connectivity index (χ3n) is 6.00. The number of nitrogens with zero attached hydrogens (tertiary/aromatic N) is 2. The average molecular weight is 414 g/mol. The Kier molecular flexibility index (Phi) is 7.00. The molecule has 0 spiro atoms. The minimum absolute atomic E-state index is 0.0566. The molecule has 0 saturated carbocycles. The summed E-state index contributed by atoms with van der Waals surface area (Å²) in [5.41, 5.74) is 5.98. The van der Waals surface area contributed by atoms with Crippen LogP contribution in [0, 0.1) is 0 Å². The van der Waals surface area contributed by atoms with Gasteiger partial charge in [-0.25, -0.2) is 4.79 Å². The van der Waals surface area contributed by atoms with Crippen molar-refractivity contribution >= 4 is 6.03 Å². The molecule has 1 N–H and O–H groups in total. The number of hydrogen-bond acceptors (Lipinski definition) is 2. The monoisotopic (exact) mass is 413 g/mol. The Hall–Kier alpha value is -3.11. The first kappa shape index (κ1) is 21.1. The number of nitrogens with one attached hydrogen (secondary N) is 1. The summed E-state index contributed by atoms with van der Waals surface area (Å²) in [5, 5.41) is 3.11. The number of benzene rings is 3. The molecular weight excluding hydrogens is 382 g/mol. The molecule has 4 heteroatoms. The van der Waals surface area contributed by atoms with Gasteiger partial charge < -0.3 is 10.2 Å². The lowest BCUT2D eigenvalue weighted by Gasteiger charge is -2.21. The van der Waals surface area contributed by atoms with Crippen molar-refractivity contribution in [3.05, 3.63) is 95.6 Å². The van der Waals surface area contributed by atoms with Gasteiger partial charge in [0.15, 0.2) is 0 Å². The minimum Gasteiger partial charge on any atom is -0.334 e. The van der Waals surface area contributed by atoms with E-state index in [9.17, 15) is 4.79 Å². The predicted octanol–water partition coefficient (Wildman–Crippen LogP) is 5.29. The molecule has 0 aromatic heterocycles. The molecule has 1 saturated heterocycles. The van der Waals surface area contributed by atoms with Crippen LogP contribution in [0.2, 0.25) is 0 Å². The van der Waals surface area contributed by atoms with Crippen molar-refractivity contribution < 1.29 is 4.79 Å². The van der Waals surface area contributed by atoms with Crippen LogP contribution in [0.3, 0.4) is 0 Å². The van der Waals surface area contributed by atoms with Gasteiger partial charge in [0.2, 0.25) is 0 Å². The number of amides is 2. The molecule has 160 valence electrons. The Morgan fingerprint density at radius 1 is 0.839 bits per heavy atom. The summed E-state index contributed by atoms with van der Waals surface area (Å²) in [4.78, 5) is 17.1. The Morgan fingerprint density at radius 3 is 2.19 bits per heavy atom. The Balaban J connectivity index is 1.38. The first-order valence-corrected chi connectivity index (χ1v) is 11.1. The lowest BCUT2D eigenvalue weighted by molar-refractivity contribution is 0.206. The fourth-order valence-corrected chi connectivity index (χ4v) is 4.26. The highest BCUT2D eigenvalue weighted by Gasteiger charge is 2.15. The predicted molar refractivity (Wildman–Crippen MR) is 127 cm³/mol. The number of hydrogen-bond donors (Lipinski definition) is 1. The van der Waals surface area contributed by atoms with Gasteiger partial charge in [0.1, 0.15) is 0 Å². The van der Waals surface area contributed by atoms with Crippen molar-refractivity contribution in [2.75, 3.05) is 20.1 Å². The van der Waals surface area contributed by atoms with Gasteiger partial charge in [-0.15, -0.1) is 0 Å². The highest BCUT2D eigenvalue weighted by molar-refractivity contribution is 5.75. The van der Waals surface area contributed by atoms with Crippen LogP contribution in [0.25, 0.3) is 11.1 Å². The Morgan fingerprint density at radius 2 is 1.45 bits per heavy atom. The zero-order valence-electron chi connectivity index (χ0n) is 18.3. The van der Waals surface area contributed by atoms with Gasteiger partial charge in [-0.1, -0.05) is 78.9 Å². The summed E-state index contributed by atoms with van der Waals surface area (Å²) in [6.07, 6.45) is 2.57. The molecule has 1 aliphatic heterocycles. The van der Waals surface area contributed by atoms with Gasteiger partial charge in [-0.2, -0.15) is 0 Å². The third kappa shape index (κ3) is 5.53. The molecule has 4 rings (SSSR count). The van der Waals surface area contributed by atoms with Gasteiger partial charge >= 0.3 is 6.03 Å². The smallest absolute Gasteiger partial charge is 0.317 e. The fourth-order valence-electron chi connectivity index (χ4n) is 4.26. The van der Waals surface area contributed by atoms with E-state index in [0.29, 0.717) is 13.1 Å². The van der Waals surface area contributed by atoms with E-state index >= 15 is 0 Å². The molecule has 3 aromatic carbocycles. The van der Waals surface area contributed by atoms with Gasteiger partial charge in [0.25, 0.3) is 0 Å². The van der Waals surface area contributed by atoms with Gasteiger partial charge in [0, 0.05) is 26.7 Å². The molecule has 0 atom stereocenters. The van der Waals surface area contributed by atoms with Crippen molar-refractivity contribution in [3.8, 4) is 11.1 Å². The second-order valence-electron chi connectivity index (χ2n) is 8.29. The maximum Gasteiger partial charge on any atom is 0.317 e. The van der Waals surface area contributed by atoms with Crippen molar-refractivity contribution in [2.45, 2.75) is 32.5 Å². The summed E-state index contributed by atoms with van der Waals surface area (Å²) in [6, 6.07) is 27.0. The summed E-state index contributed by atoms with van der Waals surface area (Å²) in [5.74, 6) is 0. The Bertz CT molecular complexity index is 996. The number of likely N-dealkylation sites (tertiary alicyclic amines) is 1. The van der Waals surface area contributed by atoms with Crippen molar-refractivity contribution in [1.82, 2.24) is 15.1 Å². The molecular formula is C27H31N3O. The van der Waals surface area contributed by atoms with Crippen molar-refractivity contribution in [1.29, 1.82) is 0 Å². The first-order chi connectivity index (χ1) is 15.2. The van der Waals surface area contributed by atoms with Crippen LogP contribution >= 0.6 is 0 Å². The standard InChI is InChI=1S/C27H31N3O/c1-29(20-25-15-7-8-16-26(25)22-11-3-2-4-12-22)27(31)28-19-23-13-5-6-14-24(23)21-30-17-9-10-18-30/h2-8,11-16H,9-10,17-21H2,1H3,(H,28,31). The topological polar surface area (TPSA) is 35.6 Å². The summed E-state index contributed by atoms with van der Waals surface area (Å²) in [7, 11) is 1.85. The van der Waals surface area contributed by atoms with Crippen LogP contribution in [0.1, 0.15) is 29.5 Å². The van der Waals surface area contributed by atoms with E-state index in [4.69, 9.17) is 0 Å². The largest absolute Gasteiger partial charge is 0.334 e. The molecule has 0 radical (unpaired) electrons. The molecule has 0 aliphatic carbocycles. The lowest BCUT2D eigenvalue weighted by Crippen LogP contribution is -2.36. The summed E-state index contributed by atoms with van der Waals surface area (Å²) >= 11 is 0. The second-order valence-corrected chi connectivity index (χ2v) is 8.29. The Labute approximate surface area is 185 Å². The number of carbonyl (C=O) groups excluding carboxylic acids is 1. The van der Waals surface area contributed by atoms with E-state index in [-0.39, 0.29) is 6.03 Å². The number of carbonyl (C=O) groups is 1. The molecule has 2 amide bonds. The van der Waals surface area contributed by atoms with Gasteiger partial charge in [-0.05, 0) is 53.7 Å². The molecule has 31 heavy (non-hydrogen) atoms. The van der Waals surface area contributed by atoms with Crippen molar-refractivity contribution in [3.63, 3.8) is 0 Å². The highest BCUT2D eigenvalue weighted by Crippen LogP contribution is 2.24. The van der Waals surface area contributed by atoms with E-state index in [1.54, 1.807) is 4.90 Å². The zero-order chi connectivity index (χ0) is 21.5. The van der Waals surface area contributed by atoms with Crippen LogP contribution in [-0.4, -0.2) is 36.0 Å².